The first kappa shape index (κ1) is 17.3. The number of ether oxygens (including phenoxy) is 1. The third-order valence-electron chi connectivity index (χ3n) is 9.67. The summed E-state index contributed by atoms with van der Waals surface area (Å²) in [5.74, 6) is 5.21. The second-order valence-corrected chi connectivity index (χ2v) is 10.3. The van der Waals surface area contributed by atoms with Gasteiger partial charge in [-0.1, -0.05) is 19.9 Å². The van der Waals surface area contributed by atoms with E-state index in [9.17, 15) is 9.90 Å². The van der Waals surface area contributed by atoms with Crippen LogP contribution in [0.15, 0.2) is 12.2 Å². The van der Waals surface area contributed by atoms with Gasteiger partial charge in [-0.25, -0.2) is 4.79 Å². The molecule has 1 N–H and O–H groups in total. The minimum Gasteiger partial charge on any atom is -0.459 e. The molecule has 9 atom stereocenters. The maximum absolute atomic E-state index is 12.1. The lowest BCUT2D eigenvalue weighted by Gasteiger charge is -2.55. The standard InChI is InChI=1S/C23H34O3/c1-4-22(25,12-26-21(24)13(2)3)23-11-17(16-6-5-7-18(16)23)19-14-8-9-15(10-14)20(19)23/h14-20,25H,2,4-12H2,1,3H3. The van der Waals surface area contributed by atoms with Gasteiger partial charge in [0.1, 0.15) is 12.2 Å². The minimum absolute atomic E-state index is 0.00651. The van der Waals surface area contributed by atoms with Gasteiger partial charge in [-0.15, -0.1) is 0 Å². The van der Waals surface area contributed by atoms with Crippen LogP contribution < -0.4 is 0 Å². The normalized spacial score (nSPS) is 49.7. The molecule has 0 radical (unpaired) electrons. The molecular formula is C23H34O3. The molecule has 5 aliphatic rings. The molecule has 9 unspecified atom stereocenters. The molecule has 0 saturated heterocycles. The average Bonchev–Trinajstić information content (AvgIpc) is 3.40. The Hall–Kier alpha value is -0.830. The summed E-state index contributed by atoms with van der Waals surface area (Å²) in [6.45, 7) is 7.65. The lowest BCUT2D eigenvalue weighted by Crippen LogP contribution is -2.59. The van der Waals surface area contributed by atoms with Crippen LogP contribution in [0.25, 0.3) is 0 Å². The summed E-state index contributed by atoms with van der Waals surface area (Å²) in [6.07, 6.45) is 10.0. The molecule has 26 heavy (non-hydrogen) atoms. The largest absolute Gasteiger partial charge is 0.459 e. The van der Waals surface area contributed by atoms with Crippen molar-refractivity contribution >= 4 is 5.97 Å². The van der Waals surface area contributed by atoms with Crippen LogP contribution >= 0.6 is 0 Å². The number of esters is 1. The van der Waals surface area contributed by atoms with Crippen LogP contribution in [0.3, 0.4) is 0 Å². The monoisotopic (exact) mass is 358 g/mol. The van der Waals surface area contributed by atoms with E-state index in [4.69, 9.17) is 4.74 Å². The molecule has 0 aromatic heterocycles. The fourth-order valence-electron chi connectivity index (χ4n) is 9.07. The van der Waals surface area contributed by atoms with E-state index in [0.29, 0.717) is 23.8 Å². The first-order valence-electron chi connectivity index (χ1n) is 11.0. The Kier molecular flexibility index (Phi) is 3.72. The Morgan fingerprint density at radius 2 is 2.00 bits per heavy atom. The predicted molar refractivity (Wildman–Crippen MR) is 100 cm³/mol. The van der Waals surface area contributed by atoms with E-state index < -0.39 is 5.60 Å². The van der Waals surface area contributed by atoms with Gasteiger partial charge in [-0.05, 0) is 93.3 Å². The first-order valence-corrected chi connectivity index (χ1v) is 11.0. The van der Waals surface area contributed by atoms with Crippen molar-refractivity contribution in [3.63, 3.8) is 0 Å². The number of carbonyl (C=O) groups excluding carboxylic acids is 1. The lowest BCUT2D eigenvalue weighted by atomic mass is 9.51. The van der Waals surface area contributed by atoms with Gasteiger partial charge < -0.3 is 9.84 Å². The van der Waals surface area contributed by atoms with E-state index in [0.717, 1.165) is 29.6 Å². The Balaban J connectivity index is 1.53. The molecule has 3 nitrogen and oxygen atoms in total. The van der Waals surface area contributed by atoms with Crippen LogP contribution in [0.5, 0.6) is 0 Å². The third kappa shape index (κ3) is 1.91. The molecule has 5 fully saturated rings. The van der Waals surface area contributed by atoms with Crippen LogP contribution in [0.2, 0.25) is 0 Å². The molecule has 0 aliphatic heterocycles. The molecule has 144 valence electrons. The van der Waals surface area contributed by atoms with Crippen molar-refractivity contribution in [2.75, 3.05) is 6.61 Å². The van der Waals surface area contributed by atoms with E-state index in [1.165, 1.54) is 44.9 Å². The summed E-state index contributed by atoms with van der Waals surface area (Å²) in [6, 6.07) is 0. The summed E-state index contributed by atoms with van der Waals surface area (Å²) in [4.78, 5) is 12.1. The molecule has 0 aromatic carbocycles. The van der Waals surface area contributed by atoms with Crippen molar-refractivity contribution in [2.24, 2.45) is 46.8 Å². The second kappa shape index (κ2) is 5.59. The fraction of sp³-hybridized carbons (Fsp3) is 0.870. The van der Waals surface area contributed by atoms with Gasteiger partial charge in [0.2, 0.25) is 0 Å². The van der Waals surface area contributed by atoms with Crippen molar-refractivity contribution in [1.82, 2.24) is 0 Å². The molecule has 5 aliphatic carbocycles. The number of carbonyl (C=O) groups is 1. The summed E-state index contributed by atoms with van der Waals surface area (Å²) in [5.41, 5.74) is -0.453. The fourth-order valence-corrected chi connectivity index (χ4v) is 9.07. The number of hydrogen-bond donors (Lipinski definition) is 1. The third-order valence-corrected chi connectivity index (χ3v) is 9.67. The molecular weight excluding hydrogens is 324 g/mol. The Morgan fingerprint density at radius 1 is 1.23 bits per heavy atom. The topological polar surface area (TPSA) is 46.5 Å². The molecule has 5 rings (SSSR count). The van der Waals surface area contributed by atoms with Gasteiger partial charge in [-0.3, -0.25) is 0 Å². The summed E-state index contributed by atoms with van der Waals surface area (Å²) in [7, 11) is 0. The highest BCUT2D eigenvalue weighted by atomic mass is 16.5. The van der Waals surface area contributed by atoms with Crippen molar-refractivity contribution in [1.29, 1.82) is 0 Å². The maximum atomic E-state index is 12.1. The van der Waals surface area contributed by atoms with Crippen LogP contribution in [0, 0.1) is 46.8 Å². The zero-order valence-corrected chi connectivity index (χ0v) is 16.4. The minimum atomic E-state index is -0.871. The number of aliphatic hydroxyl groups is 1. The van der Waals surface area contributed by atoms with Crippen molar-refractivity contribution in [3.8, 4) is 0 Å². The molecule has 3 heteroatoms. The maximum Gasteiger partial charge on any atom is 0.333 e. The highest BCUT2D eigenvalue weighted by Crippen LogP contribution is 2.80. The number of rotatable bonds is 5. The highest BCUT2D eigenvalue weighted by molar-refractivity contribution is 5.86. The average molecular weight is 359 g/mol. The van der Waals surface area contributed by atoms with Gasteiger partial charge in [0.15, 0.2) is 0 Å². The first-order chi connectivity index (χ1) is 12.4. The van der Waals surface area contributed by atoms with Gasteiger partial charge in [0, 0.05) is 11.0 Å². The van der Waals surface area contributed by atoms with E-state index in [2.05, 4.69) is 13.5 Å². The van der Waals surface area contributed by atoms with E-state index in [1.54, 1.807) is 6.92 Å². The van der Waals surface area contributed by atoms with Crippen LogP contribution in [-0.2, 0) is 9.53 Å². The zero-order valence-electron chi connectivity index (χ0n) is 16.4. The molecule has 4 bridgehead atoms. The molecule has 0 amide bonds. The Bertz CT molecular complexity index is 641. The van der Waals surface area contributed by atoms with Gasteiger partial charge >= 0.3 is 5.97 Å². The van der Waals surface area contributed by atoms with Crippen LogP contribution in [0.1, 0.15) is 65.2 Å². The predicted octanol–water partition coefficient (Wildman–Crippen LogP) is 4.35. The second-order valence-electron chi connectivity index (χ2n) is 10.3. The van der Waals surface area contributed by atoms with Crippen molar-refractivity contribution in [2.45, 2.75) is 70.8 Å². The van der Waals surface area contributed by atoms with E-state index in [1.807, 2.05) is 0 Å². The highest BCUT2D eigenvalue weighted by Gasteiger charge is 2.77. The molecule has 0 aromatic rings. The van der Waals surface area contributed by atoms with Gasteiger partial charge in [0.25, 0.3) is 0 Å². The lowest BCUT2D eigenvalue weighted by molar-refractivity contribution is -0.191. The van der Waals surface area contributed by atoms with Crippen molar-refractivity contribution in [3.05, 3.63) is 12.2 Å². The van der Waals surface area contributed by atoms with Crippen LogP contribution in [-0.4, -0.2) is 23.3 Å². The quantitative estimate of drug-likeness (QED) is 0.452. The van der Waals surface area contributed by atoms with E-state index in [-0.39, 0.29) is 18.0 Å². The SMILES string of the molecule is C=C(C)C(=O)OCC(O)(CC)C12CC(C3CCCC31)C1C3CCC(C3)C12. The Morgan fingerprint density at radius 3 is 2.73 bits per heavy atom. The zero-order chi connectivity index (χ0) is 18.3. The molecule has 0 spiro atoms. The summed E-state index contributed by atoms with van der Waals surface area (Å²) >= 11 is 0. The number of hydrogen-bond acceptors (Lipinski definition) is 3. The number of fused-ring (bicyclic) bond motifs is 12. The smallest absolute Gasteiger partial charge is 0.333 e. The Labute approximate surface area is 157 Å². The summed E-state index contributed by atoms with van der Waals surface area (Å²) < 4.78 is 5.61. The molecule has 5 saturated carbocycles. The van der Waals surface area contributed by atoms with Crippen molar-refractivity contribution < 1.29 is 14.6 Å². The summed E-state index contributed by atoms with van der Waals surface area (Å²) in [5, 5.41) is 12.0. The van der Waals surface area contributed by atoms with Gasteiger partial charge in [-0.2, -0.15) is 0 Å². The van der Waals surface area contributed by atoms with E-state index >= 15 is 0 Å². The van der Waals surface area contributed by atoms with Gasteiger partial charge in [0.05, 0.1) is 0 Å². The van der Waals surface area contributed by atoms with Crippen LogP contribution in [0.4, 0.5) is 0 Å². The molecule has 0 heterocycles.